The molecule has 0 aromatic heterocycles. The minimum atomic E-state index is 0.293. The standard InChI is InChI=1S/C13H19Br/c1-4-13(10-14,11(2)3)12-8-6-5-7-9-12/h5-9,11H,4,10H2,1-3H3. The highest BCUT2D eigenvalue weighted by atomic mass is 79.9. The molecule has 0 aliphatic heterocycles. The molecule has 0 amide bonds. The molecule has 1 aromatic carbocycles. The predicted molar refractivity (Wildman–Crippen MR) is 67.0 cm³/mol. The van der Waals surface area contributed by atoms with E-state index in [9.17, 15) is 0 Å². The number of alkyl halides is 1. The highest BCUT2D eigenvalue weighted by molar-refractivity contribution is 9.09. The molecular formula is C13H19Br. The second kappa shape index (κ2) is 4.97. The zero-order chi connectivity index (χ0) is 10.6. The summed E-state index contributed by atoms with van der Waals surface area (Å²) >= 11 is 3.67. The molecule has 1 aromatic rings. The molecule has 78 valence electrons. The van der Waals surface area contributed by atoms with Crippen LogP contribution in [-0.4, -0.2) is 5.33 Å². The van der Waals surface area contributed by atoms with Crippen LogP contribution in [0.5, 0.6) is 0 Å². The van der Waals surface area contributed by atoms with Crippen molar-refractivity contribution >= 4 is 15.9 Å². The fourth-order valence-electron chi connectivity index (χ4n) is 2.04. The molecular weight excluding hydrogens is 236 g/mol. The van der Waals surface area contributed by atoms with Crippen LogP contribution in [0.25, 0.3) is 0 Å². The lowest BCUT2D eigenvalue weighted by Crippen LogP contribution is -2.33. The maximum absolute atomic E-state index is 3.67. The molecule has 0 fully saturated rings. The van der Waals surface area contributed by atoms with Crippen molar-refractivity contribution in [2.24, 2.45) is 5.92 Å². The number of hydrogen-bond donors (Lipinski definition) is 0. The smallest absolute Gasteiger partial charge is 0.0131 e. The van der Waals surface area contributed by atoms with E-state index in [2.05, 4.69) is 67.0 Å². The van der Waals surface area contributed by atoms with E-state index in [1.165, 1.54) is 12.0 Å². The molecule has 0 radical (unpaired) electrons. The Morgan fingerprint density at radius 1 is 1.21 bits per heavy atom. The summed E-state index contributed by atoms with van der Waals surface area (Å²) < 4.78 is 0. The van der Waals surface area contributed by atoms with Gasteiger partial charge < -0.3 is 0 Å². The molecule has 0 heterocycles. The van der Waals surface area contributed by atoms with Gasteiger partial charge in [-0.15, -0.1) is 0 Å². The van der Waals surface area contributed by atoms with E-state index in [1.54, 1.807) is 0 Å². The van der Waals surface area contributed by atoms with E-state index in [1.807, 2.05) is 0 Å². The normalized spacial score (nSPS) is 15.5. The second-order valence-corrected chi connectivity index (χ2v) is 4.72. The van der Waals surface area contributed by atoms with Crippen molar-refractivity contribution in [3.8, 4) is 0 Å². The summed E-state index contributed by atoms with van der Waals surface area (Å²) in [6.45, 7) is 6.88. The fourth-order valence-corrected chi connectivity index (χ4v) is 3.41. The summed E-state index contributed by atoms with van der Waals surface area (Å²) in [7, 11) is 0. The molecule has 0 N–H and O–H groups in total. The molecule has 1 atom stereocenters. The van der Waals surface area contributed by atoms with E-state index in [0.717, 1.165) is 5.33 Å². The van der Waals surface area contributed by atoms with Crippen molar-refractivity contribution in [2.45, 2.75) is 32.6 Å². The number of benzene rings is 1. The monoisotopic (exact) mass is 254 g/mol. The molecule has 0 saturated carbocycles. The Bertz CT molecular complexity index is 260. The van der Waals surface area contributed by atoms with Gasteiger partial charge in [0, 0.05) is 10.7 Å². The van der Waals surface area contributed by atoms with Gasteiger partial charge in [-0.2, -0.15) is 0 Å². The van der Waals surface area contributed by atoms with Gasteiger partial charge >= 0.3 is 0 Å². The average Bonchev–Trinajstić information content (AvgIpc) is 2.22. The average molecular weight is 255 g/mol. The Morgan fingerprint density at radius 3 is 2.14 bits per heavy atom. The van der Waals surface area contributed by atoms with Gasteiger partial charge in [0.15, 0.2) is 0 Å². The lowest BCUT2D eigenvalue weighted by molar-refractivity contribution is 0.336. The molecule has 1 unspecified atom stereocenters. The molecule has 0 aliphatic carbocycles. The summed E-state index contributed by atoms with van der Waals surface area (Å²) in [5, 5.41) is 1.04. The first kappa shape index (κ1) is 11.8. The minimum Gasteiger partial charge on any atom is -0.0918 e. The number of rotatable bonds is 4. The topological polar surface area (TPSA) is 0 Å². The van der Waals surface area contributed by atoms with Crippen molar-refractivity contribution in [3.63, 3.8) is 0 Å². The first-order valence-corrected chi connectivity index (χ1v) is 6.41. The van der Waals surface area contributed by atoms with Gasteiger partial charge in [-0.05, 0) is 17.9 Å². The van der Waals surface area contributed by atoms with Crippen molar-refractivity contribution in [1.82, 2.24) is 0 Å². The summed E-state index contributed by atoms with van der Waals surface area (Å²) in [4.78, 5) is 0. The molecule has 0 spiro atoms. The quantitative estimate of drug-likeness (QED) is 0.700. The molecule has 1 rings (SSSR count). The van der Waals surface area contributed by atoms with Crippen LogP contribution in [0.15, 0.2) is 30.3 Å². The summed E-state index contributed by atoms with van der Waals surface area (Å²) in [6.07, 6.45) is 1.18. The summed E-state index contributed by atoms with van der Waals surface area (Å²) in [5.41, 5.74) is 1.75. The van der Waals surface area contributed by atoms with Crippen molar-refractivity contribution in [2.75, 3.05) is 5.33 Å². The number of halogens is 1. The molecule has 0 bridgehead atoms. The van der Waals surface area contributed by atoms with Crippen LogP contribution in [-0.2, 0) is 5.41 Å². The van der Waals surface area contributed by atoms with Crippen molar-refractivity contribution in [3.05, 3.63) is 35.9 Å². The molecule has 0 saturated heterocycles. The second-order valence-electron chi connectivity index (χ2n) is 4.16. The Kier molecular flexibility index (Phi) is 4.18. The van der Waals surface area contributed by atoms with Gasteiger partial charge in [-0.25, -0.2) is 0 Å². The van der Waals surface area contributed by atoms with E-state index >= 15 is 0 Å². The van der Waals surface area contributed by atoms with Crippen molar-refractivity contribution < 1.29 is 0 Å². The predicted octanol–water partition coefficient (Wildman–Crippen LogP) is 4.39. The van der Waals surface area contributed by atoms with E-state index < -0.39 is 0 Å². The summed E-state index contributed by atoms with van der Waals surface area (Å²) in [5.74, 6) is 0.661. The molecule has 0 aliphatic rings. The zero-order valence-electron chi connectivity index (χ0n) is 9.26. The van der Waals surface area contributed by atoms with E-state index in [4.69, 9.17) is 0 Å². The first-order valence-electron chi connectivity index (χ1n) is 5.29. The summed E-state index contributed by atoms with van der Waals surface area (Å²) in [6, 6.07) is 10.8. The lowest BCUT2D eigenvalue weighted by Gasteiger charge is -2.35. The largest absolute Gasteiger partial charge is 0.0918 e. The Hall–Kier alpha value is -0.300. The maximum Gasteiger partial charge on any atom is 0.0131 e. The SMILES string of the molecule is CCC(CBr)(c1ccccc1)C(C)C. The molecule has 0 nitrogen and oxygen atoms in total. The van der Waals surface area contributed by atoms with E-state index in [-0.39, 0.29) is 0 Å². The van der Waals surface area contributed by atoms with Crippen LogP contribution in [0.2, 0.25) is 0 Å². The zero-order valence-corrected chi connectivity index (χ0v) is 10.8. The maximum atomic E-state index is 3.67. The first-order chi connectivity index (χ1) is 6.67. The van der Waals surface area contributed by atoms with E-state index in [0.29, 0.717) is 11.3 Å². The van der Waals surface area contributed by atoms with Gasteiger partial charge in [0.25, 0.3) is 0 Å². The van der Waals surface area contributed by atoms with Gasteiger partial charge in [0.2, 0.25) is 0 Å². The third-order valence-electron chi connectivity index (χ3n) is 3.32. The van der Waals surface area contributed by atoms with Gasteiger partial charge in [-0.3, -0.25) is 0 Å². The Morgan fingerprint density at radius 2 is 1.79 bits per heavy atom. The van der Waals surface area contributed by atoms with Crippen LogP contribution in [0, 0.1) is 5.92 Å². The highest BCUT2D eigenvalue weighted by Crippen LogP contribution is 2.37. The van der Waals surface area contributed by atoms with Crippen LogP contribution in [0.3, 0.4) is 0 Å². The minimum absolute atomic E-state index is 0.293. The third kappa shape index (κ3) is 2.03. The highest BCUT2D eigenvalue weighted by Gasteiger charge is 2.32. The lowest BCUT2D eigenvalue weighted by atomic mass is 9.71. The van der Waals surface area contributed by atoms with Gasteiger partial charge in [0.1, 0.15) is 0 Å². The molecule has 14 heavy (non-hydrogen) atoms. The molecule has 1 heteroatoms. The van der Waals surface area contributed by atoms with Crippen LogP contribution < -0.4 is 0 Å². The van der Waals surface area contributed by atoms with Gasteiger partial charge in [-0.1, -0.05) is 67.0 Å². The van der Waals surface area contributed by atoms with Crippen molar-refractivity contribution in [1.29, 1.82) is 0 Å². The van der Waals surface area contributed by atoms with Crippen LogP contribution in [0.4, 0.5) is 0 Å². The van der Waals surface area contributed by atoms with Crippen LogP contribution >= 0.6 is 15.9 Å². The fraction of sp³-hybridized carbons (Fsp3) is 0.538. The Labute approximate surface area is 95.9 Å². The van der Waals surface area contributed by atoms with Crippen LogP contribution in [0.1, 0.15) is 32.8 Å². The number of hydrogen-bond acceptors (Lipinski definition) is 0. The Balaban J connectivity index is 3.11. The van der Waals surface area contributed by atoms with Gasteiger partial charge in [0.05, 0.1) is 0 Å². The third-order valence-corrected chi connectivity index (χ3v) is 4.32.